The molecule has 0 unspecified atom stereocenters. The summed E-state index contributed by atoms with van der Waals surface area (Å²) in [6.45, 7) is 2.90. The number of aromatic nitrogens is 2. The number of hydrogen-bond acceptors (Lipinski definition) is 7. The molecule has 1 aromatic carbocycles. The van der Waals surface area contributed by atoms with E-state index in [2.05, 4.69) is 15.1 Å². The van der Waals surface area contributed by atoms with E-state index in [0.29, 0.717) is 13.2 Å². The number of hydrogen-bond donors (Lipinski definition) is 1. The van der Waals surface area contributed by atoms with Crippen LogP contribution in [0.25, 0.3) is 10.6 Å². The van der Waals surface area contributed by atoms with Gasteiger partial charge in [-0.25, -0.2) is 0 Å². The minimum atomic E-state index is -0.204. The number of ether oxygens (including phenoxy) is 2. The van der Waals surface area contributed by atoms with E-state index in [-0.39, 0.29) is 11.8 Å². The molecular weight excluding hydrogens is 340 g/mol. The molecule has 0 aliphatic carbocycles. The van der Waals surface area contributed by atoms with Gasteiger partial charge in [0.2, 0.25) is 11.0 Å². The summed E-state index contributed by atoms with van der Waals surface area (Å²) in [4.78, 5) is 13.5. The van der Waals surface area contributed by atoms with Crippen LogP contribution in [0.15, 0.2) is 18.2 Å². The van der Waals surface area contributed by atoms with Crippen LogP contribution in [0.5, 0.6) is 11.5 Å². The van der Waals surface area contributed by atoms with Crippen LogP contribution in [0.3, 0.4) is 0 Å². The van der Waals surface area contributed by atoms with Crippen molar-refractivity contribution in [1.82, 2.24) is 10.2 Å². The average Bonchev–Trinajstić information content (AvgIpc) is 3.01. The van der Waals surface area contributed by atoms with E-state index in [1.807, 2.05) is 18.2 Å². The number of piperidine rings is 1. The van der Waals surface area contributed by atoms with Gasteiger partial charge in [-0.2, -0.15) is 0 Å². The highest BCUT2D eigenvalue weighted by molar-refractivity contribution is 7.18. The summed E-state index contributed by atoms with van der Waals surface area (Å²) in [6.07, 6.45) is 2.43. The highest BCUT2D eigenvalue weighted by atomic mass is 32.1. The zero-order chi connectivity index (χ0) is 17.2. The third-order valence-electron chi connectivity index (χ3n) is 4.58. The average molecular weight is 360 g/mol. The van der Waals surface area contributed by atoms with Crippen molar-refractivity contribution in [2.75, 3.05) is 31.2 Å². The topological polar surface area (TPSA) is 90.6 Å². The van der Waals surface area contributed by atoms with Crippen LogP contribution in [0.1, 0.15) is 19.3 Å². The zero-order valence-electron chi connectivity index (χ0n) is 13.8. The van der Waals surface area contributed by atoms with Gasteiger partial charge in [0.1, 0.15) is 5.01 Å². The third-order valence-corrected chi connectivity index (χ3v) is 5.61. The van der Waals surface area contributed by atoms with Crippen LogP contribution >= 0.6 is 11.3 Å². The Morgan fingerprint density at radius 2 is 1.92 bits per heavy atom. The first-order valence-electron chi connectivity index (χ1n) is 8.48. The molecule has 1 amide bonds. The second-order valence-corrected chi connectivity index (χ2v) is 7.22. The number of carbonyl (C=O) groups excluding carboxylic acids is 1. The van der Waals surface area contributed by atoms with Gasteiger partial charge in [0.25, 0.3) is 0 Å². The standard InChI is InChI=1S/C17H20N4O3S/c18-15(22)11-4-6-21(7-5-11)17-20-19-16(25-17)12-2-3-13-14(10-12)24-9-1-8-23-13/h2-3,10-11H,1,4-9H2,(H2,18,22). The molecule has 132 valence electrons. The predicted octanol–water partition coefficient (Wildman–Crippen LogP) is 2.07. The molecule has 2 aromatic rings. The number of anilines is 1. The van der Waals surface area contributed by atoms with E-state index >= 15 is 0 Å². The van der Waals surface area contributed by atoms with Crippen LogP contribution in [-0.4, -0.2) is 42.4 Å². The van der Waals surface area contributed by atoms with Crippen LogP contribution in [0.4, 0.5) is 5.13 Å². The molecule has 2 aliphatic rings. The zero-order valence-corrected chi connectivity index (χ0v) is 14.6. The SMILES string of the molecule is NC(=O)C1CCN(c2nnc(-c3ccc4c(c3)OCCCO4)s2)CC1. The maximum absolute atomic E-state index is 11.3. The van der Waals surface area contributed by atoms with E-state index in [4.69, 9.17) is 15.2 Å². The van der Waals surface area contributed by atoms with Gasteiger partial charge in [0.05, 0.1) is 13.2 Å². The molecule has 4 rings (SSSR count). The maximum Gasteiger partial charge on any atom is 0.220 e. The molecule has 1 fully saturated rings. The van der Waals surface area contributed by atoms with Gasteiger partial charge in [-0.05, 0) is 31.0 Å². The third kappa shape index (κ3) is 3.39. The van der Waals surface area contributed by atoms with Crippen LogP contribution in [-0.2, 0) is 4.79 Å². The lowest BCUT2D eigenvalue weighted by atomic mass is 9.97. The minimum Gasteiger partial charge on any atom is -0.490 e. The van der Waals surface area contributed by atoms with Crippen molar-refractivity contribution in [3.05, 3.63) is 18.2 Å². The molecule has 0 bridgehead atoms. The Morgan fingerprint density at radius 3 is 2.68 bits per heavy atom. The first kappa shape index (κ1) is 16.1. The fourth-order valence-corrected chi connectivity index (χ4v) is 4.00. The number of fused-ring (bicyclic) bond motifs is 1. The summed E-state index contributed by atoms with van der Waals surface area (Å²) in [5.74, 6) is 1.31. The van der Waals surface area contributed by atoms with Gasteiger partial charge in [-0.1, -0.05) is 11.3 Å². The second-order valence-electron chi connectivity index (χ2n) is 6.27. The van der Waals surface area contributed by atoms with Crippen LogP contribution < -0.4 is 20.1 Å². The summed E-state index contributed by atoms with van der Waals surface area (Å²) in [5, 5.41) is 10.4. The quantitative estimate of drug-likeness (QED) is 0.901. The molecule has 25 heavy (non-hydrogen) atoms. The summed E-state index contributed by atoms with van der Waals surface area (Å²) in [5.41, 5.74) is 6.37. The molecular formula is C17H20N4O3S. The van der Waals surface area contributed by atoms with Gasteiger partial charge in [0, 0.05) is 31.0 Å². The summed E-state index contributed by atoms with van der Waals surface area (Å²) in [7, 11) is 0. The maximum atomic E-state index is 11.3. The van der Waals surface area contributed by atoms with Crippen molar-refractivity contribution in [3.63, 3.8) is 0 Å². The van der Waals surface area contributed by atoms with Crippen LogP contribution in [0, 0.1) is 5.92 Å². The highest BCUT2D eigenvalue weighted by Gasteiger charge is 2.25. The molecule has 2 aliphatic heterocycles. The number of amides is 1. The number of carbonyl (C=O) groups is 1. The molecule has 8 heteroatoms. The molecule has 0 spiro atoms. The molecule has 2 N–H and O–H groups in total. The lowest BCUT2D eigenvalue weighted by Gasteiger charge is -2.29. The van der Waals surface area contributed by atoms with Crippen molar-refractivity contribution in [2.24, 2.45) is 11.7 Å². The van der Waals surface area contributed by atoms with Gasteiger partial charge in [-0.15, -0.1) is 10.2 Å². The minimum absolute atomic E-state index is 0.0228. The predicted molar refractivity (Wildman–Crippen MR) is 95.1 cm³/mol. The Morgan fingerprint density at radius 1 is 1.16 bits per heavy atom. The Balaban J connectivity index is 1.50. The largest absolute Gasteiger partial charge is 0.490 e. The highest BCUT2D eigenvalue weighted by Crippen LogP contribution is 2.37. The monoisotopic (exact) mass is 360 g/mol. The van der Waals surface area contributed by atoms with Crippen molar-refractivity contribution < 1.29 is 14.3 Å². The van der Waals surface area contributed by atoms with Gasteiger partial charge < -0.3 is 20.1 Å². The molecule has 3 heterocycles. The van der Waals surface area contributed by atoms with Crippen molar-refractivity contribution >= 4 is 22.4 Å². The summed E-state index contributed by atoms with van der Waals surface area (Å²) >= 11 is 1.55. The molecule has 0 saturated carbocycles. The first-order chi connectivity index (χ1) is 12.2. The summed E-state index contributed by atoms with van der Waals surface area (Å²) in [6, 6.07) is 5.87. The number of nitrogens with zero attached hydrogens (tertiary/aromatic N) is 3. The van der Waals surface area contributed by atoms with Crippen LogP contribution in [0.2, 0.25) is 0 Å². The first-order valence-corrected chi connectivity index (χ1v) is 9.30. The van der Waals surface area contributed by atoms with Gasteiger partial charge >= 0.3 is 0 Å². The van der Waals surface area contributed by atoms with Crippen molar-refractivity contribution in [2.45, 2.75) is 19.3 Å². The second kappa shape index (κ2) is 6.87. The van der Waals surface area contributed by atoms with Gasteiger partial charge in [0.15, 0.2) is 11.5 Å². The number of rotatable bonds is 3. The molecule has 0 radical (unpaired) electrons. The van der Waals surface area contributed by atoms with E-state index in [1.165, 1.54) is 0 Å². The molecule has 1 saturated heterocycles. The number of benzene rings is 1. The Bertz CT molecular complexity index is 771. The van der Waals surface area contributed by atoms with E-state index < -0.39 is 0 Å². The molecule has 1 aromatic heterocycles. The summed E-state index contributed by atoms with van der Waals surface area (Å²) < 4.78 is 11.4. The molecule has 7 nitrogen and oxygen atoms in total. The smallest absolute Gasteiger partial charge is 0.220 e. The number of nitrogens with two attached hydrogens (primary N) is 1. The number of primary amides is 1. The van der Waals surface area contributed by atoms with E-state index in [1.54, 1.807) is 11.3 Å². The Labute approximate surface area is 149 Å². The van der Waals surface area contributed by atoms with Gasteiger partial charge in [-0.3, -0.25) is 4.79 Å². The lowest BCUT2D eigenvalue weighted by Crippen LogP contribution is -2.38. The van der Waals surface area contributed by atoms with E-state index in [0.717, 1.165) is 59.6 Å². The fraction of sp³-hybridized carbons (Fsp3) is 0.471. The Hall–Kier alpha value is -2.35. The van der Waals surface area contributed by atoms with Crippen molar-refractivity contribution in [3.8, 4) is 22.1 Å². The normalized spacial score (nSPS) is 18.0. The lowest BCUT2D eigenvalue weighted by molar-refractivity contribution is -0.122. The van der Waals surface area contributed by atoms with E-state index in [9.17, 15) is 4.79 Å². The van der Waals surface area contributed by atoms with Crippen molar-refractivity contribution in [1.29, 1.82) is 0 Å². The fourth-order valence-electron chi connectivity index (χ4n) is 3.11. The molecule has 0 atom stereocenters. The Kier molecular flexibility index (Phi) is 4.44.